The Morgan fingerprint density at radius 1 is 1.36 bits per heavy atom. The Morgan fingerprint density at radius 2 is 2.14 bits per heavy atom. The summed E-state index contributed by atoms with van der Waals surface area (Å²) in [7, 11) is 0. The van der Waals surface area contributed by atoms with Crippen molar-refractivity contribution < 1.29 is 4.79 Å². The van der Waals surface area contributed by atoms with Crippen molar-refractivity contribution in [2.75, 3.05) is 0 Å². The molecule has 1 aromatic carbocycles. The molecule has 2 nitrogen and oxygen atoms in total. The van der Waals surface area contributed by atoms with Crippen LogP contribution in [0.4, 0.5) is 0 Å². The zero-order valence-electron chi connectivity index (χ0n) is 8.45. The Hall–Kier alpha value is -1.57. The topological polar surface area (TPSA) is 22.0 Å². The van der Waals surface area contributed by atoms with Crippen LogP contribution in [0.2, 0.25) is 0 Å². The van der Waals surface area contributed by atoms with Crippen LogP contribution in [0.3, 0.4) is 0 Å². The molecule has 0 atom stereocenters. The van der Waals surface area contributed by atoms with Gasteiger partial charge in [-0.3, -0.25) is 4.79 Å². The van der Waals surface area contributed by atoms with E-state index in [9.17, 15) is 4.79 Å². The Morgan fingerprint density at radius 3 is 2.79 bits per heavy atom. The van der Waals surface area contributed by atoms with Crippen molar-refractivity contribution in [3.05, 3.63) is 36.0 Å². The van der Waals surface area contributed by atoms with Gasteiger partial charge in [0.2, 0.25) is 0 Å². The van der Waals surface area contributed by atoms with E-state index < -0.39 is 0 Å². The lowest BCUT2D eigenvalue weighted by molar-refractivity contribution is 0.101. The zero-order valence-corrected chi connectivity index (χ0v) is 8.45. The molecule has 0 saturated carbocycles. The predicted molar refractivity (Wildman–Crippen MR) is 57.6 cm³/mol. The number of carbonyl (C=O) groups excluding carboxylic acids is 1. The van der Waals surface area contributed by atoms with Crippen LogP contribution in [0.15, 0.2) is 30.5 Å². The molecule has 1 aromatic heterocycles. The second-order valence-corrected chi connectivity index (χ2v) is 3.43. The first-order valence-corrected chi connectivity index (χ1v) is 4.82. The smallest absolute Gasteiger partial charge is 0.159 e. The van der Waals surface area contributed by atoms with Gasteiger partial charge in [-0.1, -0.05) is 0 Å². The molecule has 2 aromatic rings. The molecule has 0 bridgehead atoms. The minimum absolute atomic E-state index is 0.121. The van der Waals surface area contributed by atoms with Gasteiger partial charge in [0, 0.05) is 29.2 Å². The minimum atomic E-state index is 0.121. The van der Waals surface area contributed by atoms with Crippen LogP contribution >= 0.6 is 0 Å². The molecular weight excluding hydrogens is 174 g/mol. The molecule has 0 unspecified atom stereocenters. The fourth-order valence-electron chi connectivity index (χ4n) is 1.69. The average Bonchev–Trinajstić information content (AvgIpc) is 2.59. The van der Waals surface area contributed by atoms with Crippen LogP contribution in [-0.4, -0.2) is 10.4 Å². The van der Waals surface area contributed by atoms with Gasteiger partial charge < -0.3 is 4.57 Å². The molecule has 2 rings (SSSR count). The van der Waals surface area contributed by atoms with Crippen LogP contribution in [0.1, 0.15) is 24.2 Å². The third-order valence-corrected chi connectivity index (χ3v) is 2.52. The number of aryl methyl sites for hydroxylation is 1. The number of benzene rings is 1. The van der Waals surface area contributed by atoms with E-state index in [1.165, 1.54) is 5.52 Å². The van der Waals surface area contributed by atoms with E-state index in [2.05, 4.69) is 17.7 Å². The van der Waals surface area contributed by atoms with Crippen molar-refractivity contribution in [1.82, 2.24) is 4.57 Å². The molecule has 0 fully saturated rings. The zero-order chi connectivity index (χ0) is 10.1. The van der Waals surface area contributed by atoms with Gasteiger partial charge >= 0.3 is 0 Å². The lowest BCUT2D eigenvalue weighted by Crippen LogP contribution is -1.93. The molecule has 0 radical (unpaired) electrons. The molecule has 0 aliphatic heterocycles. The normalized spacial score (nSPS) is 10.7. The highest BCUT2D eigenvalue weighted by molar-refractivity contribution is 5.98. The molecule has 0 N–H and O–H groups in total. The van der Waals surface area contributed by atoms with E-state index in [1.54, 1.807) is 6.92 Å². The number of nitrogens with zero attached hydrogens (tertiary/aromatic N) is 1. The first-order chi connectivity index (χ1) is 6.72. The Balaban J connectivity index is 2.63. The van der Waals surface area contributed by atoms with Gasteiger partial charge in [-0.2, -0.15) is 0 Å². The Bertz CT molecular complexity index is 482. The number of hydrogen-bond donors (Lipinski definition) is 0. The van der Waals surface area contributed by atoms with Crippen molar-refractivity contribution in [2.45, 2.75) is 20.4 Å². The van der Waals surface area contributed by atoms with E-state index in [4.69, 9.17) is 0 Å². The maximum atomic E-state index is 11.2. The first-order valence-electron chi connectivity index (χ1n) is 4.82. The number of aromatic nitrogens is 1. The number of fused-ring (bicyclic) bond motifs is 1. The highest BCUT2D eigenvalue weighted by atomic mass is 16.1. The largest absolute Gasteiger partial charge is 0.348 e. The number of carbonyl (C=O) groups is 1. The molecular formula is C12H13NO. The van der Waals surface area contributed by atoms with E-state index in [0.717, 1.165) is 17.5 Å². The monoisotopic (exact) mass is 187 g/mol. The molecule has 0 saturated heterocycles. The van der Waals surface area contributed by atoms with Gasteiger partial charge in [-0.15, -0.1) is 0 Å². The second kappa shape index (κ2) is 3.29. The Labute approximate surface area is 83.2 Å². The van der Waals surface area contributed by atoms with Gasteiger partial charge in [0.05, 0.1) is 0 Å². The highest BCUT2D eigenvalue weighted by Gasteiger charge is 2.03. The maximum Gasteiger partial charge on any atom is 0.159 e. The van der Waals surface area contributed by atoms with Crippen molar-refractivity contribution in [3.63, 3.8) is 0 Å². The van der Waals surface area contributed by atoms with Crippen LogP contribution in [0.25, 0.3) is 10.9 Å². The summed E-state index contributed by atoms with van der Waals surface area (Å²) in [6.07, 6.45) is 2.05. The lowest BCUT2D eigenvalue weighted by atomic mass is 10.1. The van der Waals surface area contributed by atoms with Crippen molar-refractivity contribution >= 4 is 16.7 Å². The quantitative estimate of drug-likeness (QED) is 0.662. The number of ketones is 1. The second-order valence-electron chi connectivity index (χ2n) is 3.43. The summed E-state index contributed by atoms with van der Waals surface area (Å²) < 4.78 is 2.17. The Kier molecular flexibility index (Phi) is 2.12. The van der Waals surface area contributed by atoms with Crippen molar-refractivity contribution in [3.8, 4) is 0 Å². The van der Waals surface area contributed by atoms with Gasteiger partial charge in [0.25, 0.3) is 0 Å². The van der Waals surface area contributed by atoms with E-state index >= 15 is 0 Å². The third-order valence-electron chi connectivity index (χ3n) is 2.52. The molecule has 14 heavy (non-hydrogen) atoms. The number of Topliss-reactive ketones (excluding diaryl/α,β-unsaturated/α-hetero) is 1. The number of rotatable bonds is 2. The van der Waals surface area contributed by atoms with E-state index in [1.807, 2.05) is 24.3 Å². The van der Waals surface area contributed by atoms with Crippen LogP contribution in [-0.2, 0) is 6.54 Å². The average molecular weight is 187 g/mol. The summed E-state index contributed by atoms with van der Waals surface area (Å²) in [5, 5.41) is 1.14. The van der Waals surface area contributed by atoms with Crippen LogP contribution in [0.5, 0.6) is 0 Å². The molecule has 72 valence electrons. The summed E-state index contributed by atoms with van der Waals surface area (Å²) in [6.45, 7) is 4.67. The fraction of sp³-hybridized carbons (Fsp3) is 0.250. The van der Waals surface area contributed by atoms with Crippen LogP contribution < -0.4 is 0 Å². The number of hydrogen-bond acceptors (Lipinski definition) is 1. The third kappa shape index (κ3) is 1.33. The summed E-state index contributed by atoms with van der Waals surface area (Å²) >= 11 is 0. The fourth-order valence-corrected chi connectivity index (χ4v) is 1.69. The van der Waals surface area contributed by atoms with E-state index in [-0.39, 0.29) is 5.78 Å². The van der Waals surface area contributed by atoms with Crippen LogP contribution in [0, 0.1) is 0 Å². The van der Waals surface area contributed by atoms with Gasteiger partial charge in [-0.25, -0.2) is 0 Å². The lowest BCUT2D eigenvalue weighted by Gasteiger charge is -2.01. The molecule has 1 heterocycles. The SMILES string of the molecule is CCn1ccc2cc(C(C)=O)ccc21. The van der Waals surface area contributed by atoms with Gasteiger partial charge in [0.1, 0.15) is 0 Å². The van der Waals surface area contributed by atoms with E-state index in [0.29, 0.717) is 0 Å². The maximum absolute atomic E-state index is 11.2. The van der Waals surface area contributed by atoms with Crippen molar-refractivity contribution in [1.29, 1.82) is 0 Å². The molecule has 0 aliphatic carbocycles. The first kappa shape index (κ1) is 9.00. The van der Waals surface area contributed by atoms with Gasteiger partial charge in [0.15, 0.2) is 5.78 Å². The van der Waals surface area contributed by atoms with Crippen molar-refractivity contribution in [2.24, 2.45) is 0 Å². The predicted octanol–water partition coefficient (Wildman–Crippen LogP) is 2.86. The minimum Gasteiger partial charge on any atom is -0.348 e. The molecule has 0 aliphatic rings. The molecule has 2 heteroatoms. The summed E-state index contributed by atoms with van der Waals surface area (Å²) in [5.41, 5.74) is 1.98. The standard InChI is InChI=1S/C12H13NO/c1-3-13-7-6-11-8-10(9(2)14)4-5-12(11)13/h4-8H,3H2,1-2H3. The molecule has 0 spiro atoms. The summed E-state index contributed by atoms with van der Waals surface area (Å²) in [5.74, 6) is 0.121. The molecule has 0 amide bonds. The van der Waals surface area contributed by atoms with Gasteiger partial charge in [-0.05, 0) is 38.1 Å². The highest BCUT2D eigenvalue weighted by Crippen LogP contribution is 2.17. The summed E-state index contributed by atoms with van der Waals surface area (Å²) in [4.78, 5) is 11.2. The summed E-state index contributed by atoms with van der Waals surface area (Å²) in [6, 6.07) is 7.89.